The van der Waals surface area contributed by atoms with E-state index in [-0.39, 0.29) is 11.1 Å². The van der Waals surface area contributed by atoms with Crippen LogP contribution in [0.2, 0.25) is 0 Å². The van der Waals surface area contributed by atoms with Crippen LogP contribution in [0.1, 0.15) is 44.6 Å². The first-order valence-electron chi connectivity index (χ1n) is 12.0. The highest BCUT2D eigenvalue weighted by Gasteiger charge is 2.14. The number of alkyl halides is 2. The Morgan fingerprint density at radius 2 is 1.31 bits per heavy atom. The normalized spacial score (nSPS) is 11.4. The maximum atomic E-state index is 15.0. The minimum Gasteiger partial charge on any atom is -0.432 e. The van der Waals surface area contributed by atoms with Gasteiger partial charge in [-0.15, -0.1) is 0 Å². The van der Waals surface area contributed by atoms with Crippen molar-refractivity contribution in [2.45, 2.75) is 52.1 Å². The molecule has 0 atom stereocenters. The molecule has 0 fully saturated rings. The summed E-state index contributed by atoms with van der Waals surface area (Å²) in [4.78, 5) is 0. The predicted octanol–water partition coefficient (Wildman–Crippen LogP) is 9.57. The Kier molecular flexibility index (Phi) is 8.06. The molecule has 0 saturated heterocycles. The lowest BCUT2D eigenvalue weighted by molar-refractivity contribution is -0.0521. The highest BCUT2D eigenvalue weighted by Crippen LogP contribution is 2.32. The Balaban J connectivity index is 1.51. The lowest BCUT2D eigenvalue weighted by Gasteiger charge is -2.10. The van der Waals surface area contributed by atoms with Crippen LogP contribution in [0.25, 0.3) is 33.0 Å². The monoisotopic (exact) mass is 480 g/mol. The smallest absolute Gasteiger partial charge is 0.387 e. The molecular weight excluding hydrogens is 452 g/mol. The summed E-state index contributed by atoms with van der Waals surface area (Å²) < 4.78 is 57.9. The van der Waals surface area contributed by atoms with Crippen LogP contribution in [-0.2, 0) is 6.42 Å². The Bertz CT molecular complexity index is 1300. The molecule has 0 N–H and O–H groups in total. The van der Waals surface area contributed by atoms with Crippen LogP contribution in [0.5, 0.6) is 5.75 Å². The van der Waals surface area contributed by atoms with Gasteiger partial charge in [-0.05, 0) is 70.1 Å². The molecule has 0 radical (unpaired) electrons. The van der Waals surface area contributed by atoms with Crippen molar-refractivity contribution in [2.75, 3.05) is 0 Å². The van der Waals surface area contributed by atoms with Crippen molar-refractivity contribution in [1.29, 1.82) is 0 Å². The fraction of sp³-hybridized carbons (Fsp3) is 0.267. The van der Waals surface area contributed by atoms with Gasteiger partial charge in [-0.2, -0.15) is 8.78 Å². The number of hydrogen-bond donors (Lipinski definition) is 0. The first-order valence-corrected chi connectivity index (χ1v) is 12.0. The lowest BCUT2D eigenvalue weighted by Crippen LogP contribution is -2.03. The van der Waals surface area contributed by atoms with E-state index in [0.29, 0.717) is 5.56 Å². The molecule has 0 aliphatic heterocycles. The molecule has 0 unspecified atom stereocenters. The minimum atomic E-state index is -3.13. The molecule has 0 amide bonds. The third kappa shape index (κ3) is 6.21. The van der Waals surface area contributed by atoms with Gasteiger partial charge in [0.2, 0.25) is 0 Å². The Morgan fingerprint density at radius 1 is 0.657 bits per heavy atom. The van der Waals surface area contributed by atoms with Crippen molar-refractivity contribution < 1.29 is 22.3 Å². The zero-order chi connectivity index (χ0) is 24.8. The number of hydrogen-bond acceptors (Lipinski definition) is 1. The van der Waals surface area contributed by atoms with Crippen molar-refractivity contribution in [3.63, 3.8) is 0 Å². The SMILES string of the molecule is CCCCCCCc1ccc2cc(-c3ccc(-c4ccc(OC(F)F)c(F)c4)c(F)c3)ccc2c1. The summed E-state index contributed by atoms with van der Waals surface area (Å²) in [6.45, 7) is -0.910. The molecule has 4 aromatic rings. The van der Waals surface area contributed by atoms with E-state index in [1.54, 1.807) is 12.1 Å². The Labute approximate surface area is 203 Å². The molecule has 0 spiro atoms. The van der Waals surface area contributed by atoms with Gasteiger partial charge < -0.3 is 4.74 Å². The molecule has 4 rings (SSSR count). The maximum absolute atomic E-state index is 15.0. The predicted molar refractivity (Wildman–Crippen MR) is 134 cm³/mol. The van der Waals surface area contributed by atoms with E-state index in [1.165, 1.54) is 49.8 Å². The topological polar surface area (TPSA) is 9.23 Å². The summed E-state index contributed by atoms with van der Waals surface area (Å²) in [7, 11) is 0. The number of ether oxygens (including phenoxy) is 1. The quantitative estimate of drug-likeness (QED) is 0.162. The molecule has 0 bridgehead atoms. The molecule has 0 aliphatic carbocycles. The van der Waals surface area contributed by atoms with Crippen LogP contribution in [-0.4, -0.2) is 6.61 Å². The zero-order valence-corrected chi connectivity index (χ0v) is 19.7. The molecule has 0 aliphatic rings. The number of rotatable bonds is 10. The van der Waals surface area contributed by atoms with E-state index in [4.69, 9.17) is 0 Å². The van der Waals surface area contributed by atoms with Gasteiger partial charge in [-0.3, -0.25) is 0 Å². The largest absolute Gasteiger partial charge is 0.432 e. The Hall–Kier alpha value is -3.34. The van der Waals surface area contributed by atoms with Gasteiger partial charge in [0, 0.05) is 5.56 Å². The van der Waals surface area contributed by atoms with E-state index < -0.39 is 24.0 Å². The van der Waals surface area contributed by atoms with Crippen molar-refractivity contribution in [3.8, 4) is 28.0 Å². The fourth-order valence-corrected chi connectivity index (χ4v) is 4.35. The van der Waals surface area contributed by atoms with Gasteiger partial charge in [0.15, 0.2) is 11.6 Å². The molecule has 0 heterocycles. The van der Waals surface area contributed by atoms with Gasteiger partial charge in [-0.25, -0.2) is 8.78 Å². The molecule has 4 aromatic carbocycles. The number of halogens is 4. The van der Waals surface area contributed by atoms with E-state index in [1.807, 2.05) is 18.2 Å². The van der Waals surface area contributed by atoms with E-state index >= 15 is 0 Å². The standard InChI is InChI=1S/C30H28F4O/c1-2-3-4-5-6-7-20-8-9-22-17-23(11-10-21(22)16-20)24-12-14-26(27(31)18-24)25-13-15-29(28(32)19-25)35-30(33)34/h8-19,30H,2-7H2,1H3. The summed E-state index contributed by atoms with van der Waals surface area (Å²) in [5.41, 5.74) is 3.33. The van der Waals surface area contributed by atoms with Gasteiger partial charge in [0.1, 0.15) is 5.82 Å². The average molecular weight is 481 g/mol. The van der Waals surface area contributed by atoms with Crippen LogP contribution in [0.15, 0.2) is 72.8 Å². The van der Waals surface area contributed by atoms with Gasteiger partial charge in [0.05, 0.1) is 0 Å². The van der Waals surface area contributed by atoms with E-state index in [9.17, 15) is 17.6 Å². The summed E-state index contributed by atoms with van der Waals surface area (Å²) >= 11 is 0. The highest BCUT2D eigenvalue weighted by molar-refractivity contribution is 5.88. The Morgan fingerprint density at radius 3 is 2.06 bits per heavy atom. The number of fused-ring (bicyclic) bond motifs is 1. The summed E-state index contributed by atoms with van der Waals surface area (Å²) in [6.07, 6.45) is 7.35. The number of aryl methyl sites for hydroxylation is 1. The second-order valence-corrected chi connectivity index (χ2v) is 8.78. The molecule has 182 valence electrons. The van der Waals surface area contributed by atoms with E-state index in [2.05, 4.69) is 29.9 Å². The maximum Gasteiger partial charge on any atom is 0.387 e. The summed E-state index contributed by atoms with van der Waals surface area (Å²) in [5, 5.41) is 2.23. The molecule has 35 heavy (non-hydrogen) atoms. The third-order valence-corrected chi connectivity index (χ3v) is 6.24. The van der Waals surface area contributed by atoms with E-state index in [0.717, 1.165) is 34.9 Å². The lowest BCUT2D eigenvalue weighted by atomic mass is 9.96. The van der Waals surface area contributed by atoms with Crippen LogP contribution < -0.4 is 4.74 Å². The minimum absolute atomic E-state index is 0.181. The molecular formula is C30H28F4O. The fourth-order valence-electron chi connectivity index (χ4n) is 4.35. The third-order valence-electron chi connectivity index (χ3n) is 6.24. The molecule has 1 nitrogen and oxygen atoms in total. The van der Waals surface area contributed by atoms with Gasteiger partial charge >= 0.3 is 6.61 Å². The first-order chi connectivity index (χ1) is 16.9. The summed E-state index contributed by atoms with van der Waals surface area (Å²) in [5.74, 6) is -2.07. The second kappa shape index (κ2) is 11.4. The second-order valence-electron chi connectivity index (χ2n) is 8.78. The van der Waals surface area contributed by atoms with Crippen molar-refractivity contribution in [1.82, 2.24) is 0 Å². The zero-order valence-electron chi connectivity index (χ0n) is 19.7. The molecule has 0 saturated carbocycles. The number of unbranched alkanes of at least 4 members (excludes halogenated alkanes) is 4. The molecule has 0 aromatic heterocycles. The number of benzene rings is 4. The summed E-state index contributed by atoms with van der Waals surface area (Å²) in [6, 6.07) is 20.7. The first kappa shape index (κ1) is 24.8. The van der Waals surface area contributed by atoms with Crippen LogP contribution in [0.4, 0.5) is 17.6 Å². The van der Waals surface area contributed by atoms with Crippen LogP contribution >= 0.6 is 0 Å². The molecule has 5 heteroatoms. The van der Waals surface area contributed by atoms with Crippen molar-refractivity contribution >= 4 is 10.8 Å². The van der Waals surface area contributed by atoms with Crippen LogP contribution in [0.3, 0.4) is 0 Å². The van der Waals surface area contributed by atoms with Crippen LogP contribution in [0, 0.1) is 11.6 Å². The van der Waals surface area contributed by atoms with Crippen molar-refractivity contribution in [3.05, 3.63) is 90.0 Å². The van der Waals surface area contributed by atoms with Gasteiger partial charge in [-0.1, -0.05) is 81.1 Å². The van der Waals surface area contributed by atoms with Crippen molar-refractivity contribution in [2.24, 2.45) is 0 Å². The van der Waals surface area contributed by atoms with Gasteiger partial charge in [0.25, 0.3) is 0 Å². The highest BCUT2D eigenvalue weighted by atomic mass is 19.3. The average Bonchev–Trinajstić information content (AvgIpc) is 2.84.